The van der Waals surface area contributed by atoms with Crippen molar-refractivity contribution >= 4 is 17.9 Å². The van der Waals surface area contributed by atoms with Gasteiger partial charge in [-0.05, 0) is 12.0 Å². The average Bonchev–Trinajstić information content (AvgIpc) is 2.90. The van der Waals surface area contributed by atoms with Gasteiger partial charge in [-0.1, -0.05) is 30.3 Å². The van der Waals surface area contributed by atoms with Gasteiger partial charge in [-0.2, -0.15) is 0 Å². The lowest BCUT2D eigenvalue weighted by Gasteiger charge is -2.16. The number of amides is 3. The van der Waals surface area contributed by atoms with Crippen LogP contribution in [0.5, 0.6) is 0 Å². The van der Waals surface area contributed by atoms with E-state index in [9.17, 15) is 14.4 Å². The zero-order valence-corrected chi connectivity index (χ0v) is 12.8. The zero-order chi connectivity index (χ0) is 16.7. The first-order chi connectivity index (χ1) is 11.1. The van der Waals surface area contributed by atoms with Crippen LogP contribution in [0.15, 0.2) is 30.3 Å². The van der Waals surface area contributed by atoms with E-state index in [2.05, 4.69) is 10.6 Å². The Hall–Kier alpha value is -2.57. The number of carbonyl (C=O) groups is 3. The molecule has 0 bridgehead atoms. The highest BCUT2D eigenvalue weighted by atomic mass is 16.4. The number of urea groups is 1. The van der Waals surface area contributed by atoms with Crippen molar-refractivity contribution in [2.75, 3.05) is 26.2 Å². The third-order valence-corrected chi connectivity index (χ3v) is 3.77. The Balaban J connectivity index is 1.60. The fourth-order valence-corrected chi connectivity index (χ4v) is 2.49. The van der Waals surface area contributed by atoms with Crippen LogP contribution in [0.1, 0.15) is 12.0 Å². The molecule has 3 N–H and O–H groups in total. The van der Waals surface area contributed by atoms with E-state index < -0.39 is 11.9 Å². The molecule has 3 amide bonds. The van der Waals surface area contributed by atoms with Crippen molar-refractivity contribution in [2.45, 2.75) is 12.8 Å². The molecule has 1 atom stereocenters. The Morgan fingerprint density at radius 3 is 2.52 bits per heavy atom. The number of aliphatic carboxylic acids is 1. The molecule has 1 aromatic carbocycles. The van der Waals surface area contributed by atoms with Crippen LogP contribution in [0.25, 0.3) is 0 Å². The normalized spacial score (nSPS) is 17.1. The van der Waals surface area contributed by atoms with Gasteiger partial charge in [0.25, 0.3) is 0 Å². The van der Waals surface area contributed by atoms with Crippen LogP contribution >= 0.6 is 0 Å². The Morgan fingerprint density at radius 1 is 1.17 bits per heavy atom. The molecule has 124 valence electrons. The minimum Gasteiger partial charge on any atom is -0.481 e. The number of carboxylic acid groups (broad SMARTS) is 1. The maximum absolute atomic E-state index is 11.6. The van der Waals surface area contributed by atoms with Gasteiger partial charge in [0.1, 0.15) is 0 Å². The lowest BCUT2D eigenvalue weighted by atomic mass is 10.1. The van der Waals surface area contributed by atoms with Gasteiger partial charge in [-0.15, -0.1) is 0 Å². The number of carboxylic acids is 1. The summed E-state index contributed by atoms with van der Waals surface area (Å²) in [5.41, 5.74) is 1.15. The number of nitrogens with one attached hydrogen (secondary N) is 2. The number of benzene rings is 1. The quantitative estimate of drug-likeness (QED) is 0.680. The highest BCUT2D eigenvalue weighted by Crippen LogP contribution is 2.16. The minimum absolute atomic E-state index is 0.0403. The van der Waals surface area contributed by atoms with Crippen molar-refractivity contribution in [1.82, 2.24) is 15.5 Å². The second-order valence-corrected chi connectivity index (χ2v) is 5.50. The van der Waals surface area contributed by atoms with Crippen molar-refractivity contribution in [3.05, 3.63) is 35.9 Å². The van der Waals surface area contributed by atoms with E-state index in [1.54, 1.807) is 0 Å². The number of rotatable bonds is 7. The topological polar surface area (TPSA) is 98.7 Å². The summed E-state index contributed by atoms with van der Waals surface area (Å²) in [5, 5.41) is 14.3. The van der Waals surface area contributed by atoms with E-state index in [1.165, 1.54) is 4.90 Å². The van der Waals surface area contributed by atoms with E-state index in [0.717, 1.165) is 12.0 Å². The maximum Gasteiger partial charge on any atom is 0.314 e. The highest BCUT2D eigenvalue weighted by Gasteiger charge is 2.33. The largest absolute Gasteiger partial charge is 0.481 e. The number of likely N-dealkylation sites (tertiary alicyclic amines) is 1. The fourth-order valence-electron chi connectivity index (χ4n) is 2.49. The predicted molar refractivity (Wildman–Crippen MR) is 83.9 cm³/mol. The summed E-state index contributed by atoms with van der Waals surface area (Å²) in [7, 11) is 0. The summed E-state index contributed by atoms with van der Waals surface area (Å²) in [6.07, 6.45) is 0.789. The van der Waals surface area contributed by atoms with Gasteiger partial charge in [0.2, 0.25) is 5.91 Å². The van der Waals surface area contributed by atoms with Gasteiger partial charge in [-0.3, -0.25) is 9.59 Å². The molecule has 23 heavy (non-hydrogen) atoms. The van der Waals surface area contributed by atoms with Gasteiger partial charge in [0, 0.05) is 32.6 Å². The molecule has 1 aliphatic heterocycles. The molecule has 1 saturated heterocycles. The number of hydrogen-bond acceptors (Lipinski definition) is 3. The van der Waals surface area contributed by atoms with E-state index in [1.807, 2.05) is 30.3 Å². The van der Waals surface area contributed by atoms with Crippen LogP contribution in [0.3, 0.4) is 0 Å². The minimum atomic E-state index is -0.951. The number of carbonyl (C=O) groups excluding carboxylic acids is 2. The van der Waals surface area contributed by atoms with Crippen molar-refractivity contribution in [3.63, 3.8) is 0 Å². The molecular formula is C16H21N3O4. The lowest BCUT2D eigenvalue weighted by molar-refractivity contribution is -0.141. The van der Waals surface area contributed by atoms with Crippen LogP contribution in [-0.2, 0) is 16.0 Å². The van der Waals surface area contributed by atoms with Crippen molar-refractivity contribution in [2.24, 2.45) is 5.92 Å². The molecule has 2 rings (SSSR count). The molecule has 1 aliphatic rings. The summed E-state index contributed by atoms with van der Waals surface area (Å²) in [6, 6.07) is 9.55. The molecule has 1 aromatic rings. The molecular weight excluding hydrogens is 298 g/mol. The van der Waals surface area contributed by atoms with Crippen LogP contribution in [-0.4, -0.2) is 54.1 Å². The molecule has 0 saturated carbocycles. The second-order valence-electron chi connectivity index (χ2n) is 5.50. The van der Waals surface area contributed by atoms with Crippen LogP contribution in [0.4, 0.5) is 4.79 Å². The van der Waals surface area contributed by atoms with Gasteiger partial charge >= 0.3 is 12.0 Å². The zero-order valence-electron chi connectivity index (χ0n) is 12.8. The average molecular weight is 319 g/mol. The Morgan fingerprint density at radius 2 is 1.87 bits per heavy atom. The monoisotopic (exact) mass is 319 g/mol. The predicted octanol–water partition coefficient (Wildman–Crippen LogP) is 0.461. The Kier molecular flexibility index (Phi) is 5.96. The number of hydrogen-bond donors (Lipinski definition) is 3. The highest BCUT2D eigenvalue weighted by molar-refractivity contribution is 5.86. The van der Waals surface area contributed by atoms with Gasteiger partial charge < -0.3 is 20.6 Å². The third kappa shape index (κ3) is 5.28. The molecule has 1 heterocycles. The van der Waals surface area contributed by atoms with Crippen molar-refractivity contribution in [3.8, 4) is 0 Å². The van der Waals surface area contributed by atoms with Crippen molar-refractivity contribution < 1.29 is 19.5 Å². The van der Waals surface area contributed by atoms with Crippen LogP contribution in [0, 0.1) is 5.92 Å². The van der Waals surface area contributed by atoms with E-state index >= 15 is 0 Å². The summed E-state index contributed by atoms with van der Waals surface area (Å²) >= 11 is 0. The van der Waals surface area contributed by atoms with Gasteiger partial charge in [0.05, 0.1) is 5.92 Å². The van der Waals surface area contributed by atoms with Crippen molar-refractivity contribution in [1.29, 1.82) is 0 Å². The first-order valence-corrected chi connectivity index (χ1v) is 7.62. The molecule has 1 unspecified atom stereocenters. The maximum atomic E-state index is 11.6. The Labute approximate surface area is 134 Å². The number of nitrogens with zero attached hydrogens (tertiary/aromatic N) is 1. The van der Waals surface area contributed by atoms with Crippen LogP contribution < -0.4 is 10.6 Å². The van der Waals surface area contributed by atoms with Gasteiger partial charge in [0.15, 0.2) is 0 Å². The molecule has 0 radical (unpaired) electrons. The standard InChI is InChI=1S/C16H21N3O4/c20-14-10-13(15(21)22)11-19(14)9-8-18-16(23)17-7-6-12-4-2-1-3-5-12/h1-5,13H,6-11H2,(H,21,22)(H2,17,18,23). The second kappa shape index (κ2) is 8.17. The lowest BCUT2D eigenvalue weighted by Crippen LogP contribution is -2.41. The fraction of sp³-hybridized carbons (Fsp3) is 0.438. The van der Waals surface area contributed by atoms with Gasteiger partial charge in [-0.25, -0.2) is 4.79 Å². The summed E-state index contributed by atoms with van der Waals surface area (Å²) in [6.45, 7) is 1.37. The van der Waals surface area contributed by atoms with E-state index in [4.69, 9.17) is 5.11 Å². The van der Waals surface area contributed by atoms with Crippen LogP contribution in [0.2, 0.25) is 0 Å². The molecule has 0 spiro atoms. The molecule has 1 fully saturated rings. The smallest absolute Gasteiger partial charge is 0.314 e. The first kappa shape index (κ1) is 16.8. The summed E-state index contributed by atoms with van der Waals surface area (Å²) in [5.74, 6) is -1.77. The first-order valence-electron chi connectivity index (χ1n) is 7.62. The Bertz CT molecular complexity index is 562. The molecule has 7 nitrogen and oxygen atoms in total. The van der Waals surface area contributed by atoms with E-state index in [-0.39, 0.29) is 24.9 Å². The van der Waals surface area contributed by atoms with E-state index in [0.29, 0.717) is 19.6 Å². The molecule has 0 aliphatic carbocycles. The molecule has 0 aromatic heterocycles. The SMILES string of the molecule is O=C(NCCc1ccccc1)NCCN1CC(C(=O)O)CC1=O. The molecule has 7 heteroatoms. The summed E-state index contributed by atoms with van der Waals surface area (Å²) < 4.78 is 0. The third-order valence-electron chi connectivity index (χ3n) is 3.77. The summed E-state index contributed by atoms with van der Waals surface area (Å²) in [4.78, 5) is 35.6.